The van der Waals surface area contributed by atoms with Gasteiger partial charge in [0.1, 0.15) is 0 Å². The Balaban J connectivity index is 1.55. The van der Waals surface area contributed by atoms with Crippen molar-refractivity contribution >= 4 is 20.8 Å². The number of hydrogen-bond donors (Lipinski definition) is 2. The molecule has 0 aliphatic carbocycles. The van der Waals surface area contributed by atoms with Crippen LogP contribution >= 0.6 is 0 Å². The third-order valence-corrected chi connectivity index (χ3v) is 6.16. The lowest BCUT2D eigenvalue weighted by Crippen LogP contribution is -2.40. The minimum Gasteiger partial charge on any atom is -0.316 e. The van der Waals surface area contributed by atoms with Gasteiger partial charge in [-0.2, -0.15) is 0 Å². The van der Waals surface area contributed by atoms with Crippen molar-refractivity contribution < 1.29 is 8.42 Å². The van der Waals surface area contributed by atoms with Gasteiger partial charge in [-0.3, -0.25) is 9.78 Å². The van der Waals surface area contributed by atoms with Crippen LogP contribution in [-0.4, -0.2) is 37.1 Å². The van der Waals surface area contributed by atoms with Crippen LogP contribution in [0, 0.1) is 0 Å². The van der Waals surface area contributed by atoms with Crippen LogP contribution in [0.4, 0.5) is 0 Å². The smallest absolute Gasteiger partial charge is 0.250 e. The van der Waals surface area contributed by atoms with Crippen LogP contribution in [0.25, 0.3) is 10.8 Å². The predicted octanol–water partition coefficient (Wildman–Crippen LogP) is 1.43. The van der Waals surface area contributed by atoms with Gasteiger partial charge in [-0.25, -0.2) is 13.1 Å². The molecule has 0 saturated heterocycles. The van der Waals surface area contributed by atoms with E-state index in [1.54, 1.807) is 54.3 Å². The number of rotatable bonds is 8. The highest BCUT2D eigenvalue weighted by molar-refractivity contribution is 7.89. The van der Waals surface area contributed by atoms with Crippen LogP contribution in [0.1, 0.15) is 12.6 Å². The van der Waals surface area contributed by atoms with E-state index in [-0.39, 0.29) is 16.5 Å². The Morgan fingerprint density at radius 2 is 1.96 bits per heavy atom. The van der Waals surface area contributed by atoms with Gasteiger partial charge in [-0.05, 0) is 36.6 Å². The maximum absolute atomic E-state index is 12.6. The summed E-state index contributed by atoms with van der Waals surface area (Å²) >= 11 is 0. The molecule has 2 aromatic heterocycles. The molecule has 2 N–H and O–H groups in total. The highest BCUT2D eigenvalue weighted by Crippen LogP contribution is 2.18. The van der Waals surface area contributed by atoms with Crippen LogP contribution in [0.2, 0.25) is 0 Å². The van der Waals surface area contributed by atoms with Gasteiger partial charge in [0, 0.05) is 62.1 Å². The lowest BCUT2D eigenvalue weighted by molar-refractivity contribution is 0.535. The molecule has 0 saturated carbocycles. The van der Waals surface area contributed by atoms with Crippen LogP contribution < -0.4 is 15.6 Å². The zero-order valence-corrected chi connectivity index (χ0v) is 16.7. The van der Waals surface area contributed by atoms with E-state index in [9.17, 15) is 13.2 Å². The van der Waals surface area contributed by atoms with Gasteiger partial charge in [-0.15, -0.1) is 0 Å². The quantitative estimate of drug-likeness (QED) is 0.558. The molecule has 0 aliphatic rings. The van der Waals surface area contributed by atoms with Crippen molar-refractivity contribution in [1.29, 1.82) is 0 Å². The highest BCUT2D eigenvalue weighted by Gasteiger charge is 2.17. The molecule has 1 aromatic carbocycles. The molecule has 0 bridgehead atoms. The Morgan fingerprint density at radius 1 is 1.14 bits per heavy atom. The average Bonchev–Trinajstić information content (AvgIpc) is 2.67. The summed E-state index contributed by atoms with van der Waals surface area (Å²) in [7, 11) is -1.86. The standard InChI is InChI=1S/C20H24N4O3S/c1-15(13-21-11-9-18-4-3-5-20(25)24(18)2)23-28(26,27)19-7-6-17-14-22-10-8-16(17)12-19/h3-8,10,12,14-15,21,23H,9,11,13H2,1-2H3/t15-/m1/s1. The topological polar surface area (TPSA) is 93.1 Å². The number of nitrogens with zero attached hydrogens (tertiary/aromatic N) is 2. The third-order valence-electron chi connectivity index (χ3n) is 4.58. The minimum absolute atomic E-state index is 0.0372. The van der Waals surface area contributed by atoms with E-state index >= 15 is 0 Å². The first-order valence-corrected chi connectivity index (χ1v) is 10.6. The lowest BCUT2D eigenvalue weighted by Gasteiger charge is -2.16. The molecule has 0 aliphatic heterocycles. The van der Waals surface area contributed by atoms with Gasteiger partial charge < -0.3 is 9.88 Å². The number of hydrogen-bond acceptors (Lipinski definition) is 5. The second-order valence-electron chi connectivity index (χ2n) is 6.78. The third kappa shape index (κ3) is 4.83. The fraction of sp³-hybridized carbons (Fsp3) is 0.300. The average molecular weight is 401 g/mol. The summed E-state index contributed by atoms with van der Waals surface area (Å²) in [4.78, 5) is 15.9. The van der Waals surface area contributed by atoms with Crippen LogP contribution in [0.5, 0.6) is 0 Å². The molecule has 28 heavy (non-hydrogen) atoms. The molecule has 2 heterocycles. The SMILES string of the molecule is C[C@H](CNCCc1cccc(=O)n1C)NS(=O)(=O)c1ccc2cnccc2c1. The summed E-state index contributed by atoms with van der Waals surface area (Å²) in [6.45, 7) is 2.94. The van der Waals surface area contributed by atoms with Gasteiger partial charge in [-0.1, -0.05) is 12.1 Å². The molecule has 0 radical (unpaired) electrons. The number of fused-ring (bicyclic) bond motifs is 1. The lowest BCUT2D eigenvalue weighted by atomic mass is 10.2. The van der Waals surface area contributed by atoms with E-state index in [4.69, 9.17) is 0 Å². The second kappa shape index (κ2) is 8.64. The summed E-state index contributed by atoms with van der Waals surface area (Å²) < 4.78 is 29.6. The van der Waals surface area contributed by atoms with E-state index in [0.29, 0.717) is 19.5 Å². The van der Waals surface area contributed by atoms with E-state index in [0.717, 1.165) is 16.5 Å². The Hall–Kier alpha value is -2.55. The van der Waals surface area contributed by atoms with E-state index in [1.165, 1.54) is 6.07 Å². The van der Waals surface area contributed by atoms with Gasteiger partial charge in [0.05, 0.1) is 4.90 Å². The number of pyridine rings is 2. The van der Waals surface area contributed by atoms with Crippen molar-refractivity contribution in [2.45, 2.75) is 24.3 Å². The molecule has 0 fully saturated rings. The molecule has 8 heteroatoms. The van der Waals surface area contributed by atoms with Crippen LogP contribution in [0.15, 0.2) is 64.5 Å². The zero-order chi connectivity index (χ0) is 20.1. The molecule has 3 aromatic rings. The fourth-order valence-electron chi connectivity index (χ4n) is 3.00. The van der Waals surface area contributed by atoms with Crippen LogP contribution in [0.3, 0.4) is 0 Å². The predicted molar refractivity (Wildman–Crippen MR) is 110 cm³/mol. The summed E-state index contributed by atoms with van der Waals surface area (Å²) in [5.41, 5.74) is 0.892. The van der Waals surface area contributed by atoms with Gasteiger partial charge in [0.15, 0.2) is 0 Å². The molecule has 0 unspecified atom stereocenters. The Kier molecular flexibility index (Phi) is 6.23. The first-order chi connectivity index (χ1) is 13.4. The van der Waals surface area contributed by atoms with E-state index in [1.807, 2.05) is 13.0 Å². The van der Waals surface area contributed by atoms with E-state index < -0.39 is 10.0 Å². The van der Waals surface area contributed by atoms with Crippen molar-refractivity contribution in [3.05, 3.63) is 70.9 Å². The Labute approximate surface area is 164 Å². The molecule has 148 valence electrons. The first-order valence-electron chi connectivity index (χ1n) is 9.08. The molecule has 3 rings (SSSR count). The normalized spacial score (nSPS) is 12.9. The number of sulfonamides is 1. The fourth-order valence-corrected chi connectivity index (χ4v) is 4.27. The summed E-state index contributed by atoms with van der Waals surface area (Å²) in [5, 5.41) is 4.96. The van der Waals surface area contributed by atoms with Crippen molar-refractivity contribution in [3.63, 3.8) is 0 Å². The number of nitrogens with one attached hydrogen (secondary N) is 2. The monoisotopic (exact) mass is 400 g/mol. The largest absolute Gasteiger partial charge is 0.316 e. The van der Waals surface area contributed by atoms with Gasteiger partial charge in [0.25, 0.3) is 0 Å². The number of aromatic nitrogens is 2. The Morgan fingerprint density at radius 3 is 2.79 bits per heavy atom. The minimum atomic E-state index is -3.61. The van der Waals surface area contributed by atoms with E-state index in [2.05, 4.69) is 15.0 Å². The van der Waals surface area contributed by atoms with Gasteiger partial charge >= 0.3 is 0 Å². The maximum Gasteiger partial charge on any atom is 0.250 e. The summed E-state index contributed by atoms with van der Waals surface area (Å²) in [6, 6.07) is 11.7. The maximum atomic E-state index is 12.6. The Bertz CT molecular complexity index is 1130. The molecule has 1 atom stereocenters. The molecule has 0 spiro atoms. The van der Waals surface area contributed by atoms with Crippen molar-refractivity contribution in [3.8, 4) is 0 Å². The molecular weight excluding hydrogens is 376 g/mol. The summed E-state index contributed by atoms with van der Waals surface area (Å²) in [6.07, 6.45) is 4.03. The zero-order valence-electron chi connectivity index (χ0n) is 15.9. The molecule has 7 nitrogen and oxygen atoms in total. The molecule has 0 amide bonds. The second-order valence-corrected chi connectivity index (χ2v) is 8.49. The highest BCUT2D eigenvalue weighted by atomic mass is 32.2. The van der Waals surface area contributed by atoms with Crippen molar-refractivity contribution in [2.24, 2.45) is 7.05 Å². The van der Waals surface area contributed by atoms with Crippen molar-refractivity contribution in [2.75, 3.05) is 13.1 Å². The van der Waals surface area contributed by atoms with Crippen molar-refractivity contribution in [1.82, 2.24) is 19.6 Å². The van der Waals surface area contributed by atoms with Gasteiger partial charge in [0.2, 0.25) is 15.6 Å². The van der Waals surface area contributed by atoms with Crippen LogP contribution in [-0.2, 0) is 23.5 Å². The number of benzene rings is 1. The molecular formula is C20H24N4O3S. The first kappa shape index (κ1) is 20.2. The summed E-state index contributed by atoms with van der Waals surface area (Å²) in [5.74, 6) is 0.